The number of halogens is 2. The largest absolute Gasteiger partial charge is 0.384 e. The summed E-state index contributed by atoms with van der Waals surface area (Å²) in [4.78, 5) is 3.87. The highest BCUT2D eigenvalue weighted by molar-refractivity contribution is 5.40. The molecule has 3 nitrogen and oxygen atoms in total. The van der Waals surface area contributed by atoms with Gasteiger partial charge in [-0.3, -0.25) is 4.98 Å². The number of nitrogens with zero attached hydrogens (tertiary/aromatic N) is 1. The zero-order chi connectivity index (χ0) is 11.4. The average molecular weight is 227 g/mol. The van der Waals surface area contributed by atoms with Gasteiger partial charge in [-0.15, -0.1) is 0 Å². The van der Waals surface area contributed by atoms with Gasteiger partial charge in [-0.05, 0) is 25.1 Å². The van der Waals surface area contributed by atoms with Crippen molar-refractivity contribution in [2.24, 2.45) is 5.92 Å². The second-order valence-electron chi connectivity index (χ2n) is 4.04. The van der Waals surface area contributed by atoms with Crippen LogP contribution in [0, 0.1) is 5.92 Å². The van der Waals surface area contributed by atoms with Crippen molar-refractivity contribution in [3.63, 3.8) is 0 Å². The van der Waals surface area contributed by atoms with E-state index in [9.17, 15) is 8.78 Å². The van der Waals surface area contributed by atoms with E-state index >= 15 is 0 Å². The fraction of sp³-hybridized carbons (Fsp3) is 0.545. The summed E-state index contributed by atoms with van der Waals surface area (Å²) in [5.41, 5.74) is 0.837. The van der Waals surface area contributed by atoms with Crippen LogP contribution in [0.5, 0.6) is 0 Å². The van der Waals surface area contributed by atoms with Crippen molar-refractivity contribution in [3.05, 3.63) is 24.5 Å². The third kappa shape index (κ3) is 2.66. The number of nitrogens with one attached hydrogen (secondary N) is 2. The first-order chi connectivity index (χ1) is 7.68. The number of rotatable bonds is 3. The maximum Gasteiger partial charge on any atom is 0.264 e. The molecule has 0 aliphatic carbocycles. The van der Waals surface area contributed by atoms with Crippen LogP contribution in [0.25, 0.3) is 0 Å². The topological polar surface area (TPSA) is 37.0 Å². The minimum absolute atomic E-state index is 0.213. The molecule has 5 heteroatoms. The van der Waals surface area contributed by atoms with E-state index in [1.165, 1.54) is 0 Å². The maximum atomic E-state index is 13.5. The van der Waals surface area contributed by atoms with Gasteiger partial charge in [-0.1, -0.05) is 0 Å². The molecule has 0 spiro atoms. The van der Waals surface area contributed by atoms with Crippen molar-refractivity contribution in [2.75, 3.05) is 25.0 Å². The van der Waals surface area contributed by atoms with E-state index in [1.54, 1.807) is 24.5 Å². The third-order valence-corrected chi connectivity index (χ3v) is 2.86. The molecule has 0 aromatic carbocycles. The monoisotopic (exact) mass is 227 g/mol. The van der Waals surface area contributed by atoms with Crippen LogP contribution in [-0.4, -0.2) is 30.5 Å². The lowest BCUT2D eigenvalue weighted by atomic mass is 9.94. The minimum Gasteiger partial charge on any atom is -0.384 e. The standard InChI is InChI=1S/C11H15F2N3/c12-11(13)8-15-4-1-9(11)7-16-10-2-5-14-6-3-10/h2-3,5-6,9,15H,1,4,7-8H2,(H,14,16)/t9-/m1/s1. The molecular formula is C11H15F2N3. The Balaban J connectivity index is 1.90. The Labute approximate surface area is 93.3 Å². The fourth-order valence-corrected chi connectivity index (χ4v) is 1.85. The number of alkyl halides is 2. The highest BCUT2D eigenvalue weighted by Crippen LogP contribution is 2.29. The molecule has 1 aliphatic rings. The number of pyridine rings is 1. The molecule has 1 aromatic heterocycles. The van der Waals surface area contributed by atoms with Crippen molar-refractivity contribution < 1.29 is 8.78 Å². The first-order valence-electron chi connectivity index (χ1n) is 5.41. The minimum atomic E-state index is -2.61. The first-order valence-corrected chi connectivity index (χ1v) is 5.41. The quantitative estimate of drug-likeness (QED) is 0.825. The molecule has 0 unspecified atom stereocenters. The van der Waals surface area contributed by atoms with Gasteiger partial charge in [0.2, 0.25) is 0 Å². The van der Waals surface area contributed by atoms with Crippen molar-refractivity contribution >= 4 is 5.69 Å². The van der Waals surface area contributed by atoms with Gasteiger partial charge in [0.05, 0.1) is 6.54 Å². The Hall–Kier alpha value is -1.23. The Morgan fingerprint density at radius 3 is 2.88 bits per heavy atom. The van der Waals surface area contributed by atoms with Crippen LogP contribution >= 0.6 is 0 Å². The lowest BCUT2D eigenvalue weighted by Gasteiger charge is -2.32. The van der Waals surface area contributed by atoms with E-state index in [0.717, 1.165) is 5.69 Å². The van der Waals surface area contributed by atoms with E-state index in [4.69, 9.17) is 0 Å². The Bertz CT molecular complexity index is 329. The van der Waals surface area contributed by atoms with Crippen LogP contribution in [0.3, 0.4) is 0 Å². The molecular weight excluding hydrogens is 212 g/mol. The molecule has 1 saturated heterocycles. The summed E-state index contributed by atoms with van der Waals surface area (Å²) in [5, 5.41) is 5.74. The maximum absolute atomic E-state index is 13.5. The van der Waals surface area contributed by atoms with Crippen LogP contribution in [0.1, 0.15) is 6.42 Å². The van der Waals surface area contributed by atoms with Gasteiger partial charge in [0.25, 0.3) is 5.92 Å². The van der Waals surface area contributed by atoms with Gasteiger partial charge < -0.3 is 10.6 Å². The molecule has 88 valence electrons. The van der Waals surface area contributed by atoms with Crippen molar-refractivity contribution in [2.45, 2.75) is 12.3 Å². The van der Waals surface area contributed by atoms with E-state index in [-0.39, 0.29) is 6.54 Å². The molecule has 2 N–H and O–H groups in total. The van der Waals surface area contributed by atoms with Gasteiger partial charge in [0.1, 0.15) is 0 Å². The highest BCUT2D eigenvalue weighted by Gasteiger charge is 2.41. The number of hydrogen-bond acceptors (Lipinski definition) is 3. The average Bonchev–Trinajstić information content (AvgIpc) is 2.28. The normalized spacial score (nSPS) is 24.0. The number of piperidine rings is 1. The summed E-state index contributed by atoms with van der Waals surface area (Å²) in [7, 11) is 0. The van der Waals surface area contributed by atoms with Crippen molar-refractivity contribution in [1.82, 2.24) is 10.3 Å². The Morgan fingerprint density at radius 2 is 2.19 bits per heavy atom. The van der Waals surface area contributed by atoms with E-state index in [1.807, 2.05) is 0 Å². The van der Waals surface area contributed by atoms with E-state index in [2.05, 4.69) is 15.6 Å². The molecule has 0 saturated carbocycles. The van der Waals surface area contributed by atoms with Gasteiger partial charge in [-0.25, -0.2) is 8.78 Å². The predicted molar refractivity (Wildman–Crippen MR) is 58.7 cm³/mol. The summed E-state index contributed by atoms with van der Waals surface area (Å²) < 4.78 is 26.9. The summed E-state index contributed by atoms with van der Waals surface area (Å²) in [5.74, 6) is -3.21. The highest BCUT2D eigenvalue weighted by atomic mass is 19.3. The predicted octanol–water partition coefficient (Wildman–Crippen LogP) is 1.74. The summed E-state index contributed by atoms with van der Waals surface area (Å²) in [6.07, 6.45) is 3.79. The second kappa shape index (κ2) is 4.74. The zero-order valence-electron chi connectivity index (χ0n) is 8.92. The molecule has 1 fully saturated rings. The van der Waals surface area contributed by atoms with Crippen LogP contribution < -0.4 is 10.6 Å². The molecule has 1 aliphatic heterocycles. The molecule has 16 heavy (non-hydrogen) atoms. The summed E-state index contributed by atoms with van der Waals surface area (Å²) >= 11 is 0. The van der Waals surface area contributed by atoms with Gasteiger partial charge >= 0.3 is 0 Å². The number of anilines is 1. The van der Waals surface area contributed by atoms with Gasteiger partial charge in [0.15, 0.2) is 0 Å². The molecule has 0 amide bonds. The molecule has 1 aromatic rings. The Kier molecular flexibility index (Phi) is 3.33. The van der Waals surface area contributed by atoms with Gasteiger partial charge in [-0.2, -0.15) is 0 Å². The summed E-state index contributed by atoms with van der Waals surface area (Å²) in [6.45, 7) is 0.757. The molecule has 1 atom stereocenters. The second-order valence-corrected chi connectivity index (χ2v) is 4.04. The van der Waals surface area contributed by atoms with Crippen molar-refractivity contribution in [3.8, 4) is 0 Å². The smallest absolute Gasteiger partial charge is 0.264 e. The number of aromatic nitrogens is 1. The molecule has 0 bridgehead atoms. The lowest BCUT2D eigenvalue weighted by molar-refractivity contribution is -0.0678. The Morgan fingerprint density at radius 1 is 1.44 bits per heavy atom. The third-order valence-electron chi connectivity index (χ3n) is 2.86. The van der Waals surface area contributed by atoms with Crippen LogP contribution in [0.2, 0.25) is 0 Å². The SMILES string of the molecule is FC1(F)CNCC[C@@H]1CNc1ccncc1. The van der Waals surface area contributed by atoms with E-state index in [0.29, 0.717) is 19.5 Å². The van der Waals surface area contributed by atoms with Crippen LogP contribution in [-0.2, 0) is 0 Å². The zero-order valence-corrected chi connectivity index (χ0v) is 8.92. The van der Waals surface area contributed by atoms with Crippen molar-refractivity contribution in [1.29, 1.82) is 0 Å². The number of hydrogen-bond donors (Lipinski definition) is 2. The molecule has 2 rings (SSSR count). The lowest BCUT2D eigenvalue weighted by Crippen LogP contribution is -2.48. The van der Waals surface area contributed by atoms with E-state index < -0.39 is 11.8 Å². The summed E-state index contributed by atoms with van der Waals surface area (Å²) in [6, 6.07) is 3.55. The molecule has 2 heterocycles. The van der Waals surface area contributed by atoms with Crippen LogP contribution in [0.4, 0.5) is 14.5 Å². The van der Waals surface area contributed by atoms with Gasteiger partial charge in [0, 0.05) is 30.5 Å². The fourth-order valence-electron chi connectivity index (χ4n) is 1.85. The molecule has 0 radical (unpaired) electrons. The first kappa shape index (κ1) is 11.3. The van der Waals surface area contributed by atoms with Crippen LogP contribution in [0.15, 0.2) is 24.5 Å².